The molecule has 1 aromatic heterocycles. The number of amides is 1. The van der Waals surface area contributed by atoms with Gasteiger partial charge in [0.1, 0.15) is 0 Å². The first-order chi connectivity index (χ1) is 14.4. The molecule has 5 nitrogen and oxygen atoms in total. The molecular formula is C23H27Cl2N3O2. The molecule has 2 aliphatic heterocycles. The molecule has 2 fully saturated rings. The Kier molecular flexibility index (Phi) is 6.42. The van der Waals surface area contributed by atoms with Crippen LogP contribution >= 0.6 is 23.2 Å². The summed E-state index contributed by atoms with van der Waals surface area (Å²) in [5, 5.41) is 5.18. The Morgan fingerprint density at radius 2 is 1.90 bits per heavy atom. The molecule has 1 unspecified atom stereocenters. The number of benzene rings is 1. The molecule has 2 aromatic rings. The highest BCUT2D eigenvalue weighted by Crippen LogP contribution is 2.32. The molecule has 1 amide bonds. The molecule has 7 heteroatoms. The Bertz CT molecular complexity index is 945. The first-order valence-corrected chi connectivity index (χ1v) is 11.1. The third-order valence-electron chi connectivity index (χ3n) is 6.32. The van der Waals surface area contributed by atoms with E-state index in [0.717, 1.165) is 29.4 Å². The van der Waals surface area contributed by atoms with E-state index in [0.29, 0.717) is 27.9 Å². The first-order valence-electron chi connectivity index (χ1n) is 10.4. The predicted molar refractivity (Wildman–Crippen MR) is 123 cm³/mol. The van der Waals surface area contributed by atoms with Crippen LogP contribution in [0.5, 0.6) is 0 Å². The Morgan fingerprint density at radius 1 is 1.20 bits per heavy atom. The number of nitrogens with one attached hydrogen (secondary N) is 2. The number of hydrogen-bond acceptors (Lipinski definition) is 3. The second-order valence-electron chi connectivity index (χ2n) is 8.22. The summed E-state index contributed by atoms with van der Waals surface area (Å²) in [5.74, 6) is 0.141. The third-order valence-corrected chi connectivity index (χ3v) is 7.05. The lowest BCUT2D eigenvalue weighted by molar-refractivity contribution is -0.121. The average molecular weight is 448 g/mol. The fourth-order valence-corrected chi connectivity index (χ4v) is 5.04. The minimum atomic E-state index is -0.162. The van der Waals surface area contributed by atoms with Crippen LogP contribution in [0.15, 0.2) is 36.1 Å². The van der Waals surface area contributed by atoms with Gasteiger partial charge in [0, 0.05) is 34.7 Å². The Balaban J connectivity index is 1.41. The Labute approximate surface area is 187 Å². The zero-order chi connectivity index (χ0) is 21.3. The van der Waals surface area contributed by atoms with Gasteiger partial charge in [0.2, 0.25) is 0 Å². The van der Waals surface area contributed by atoms with Crippen molar-refractivity contribution in [3.63, 3.8) is 0 Å². The standard InChI is InChI=1S/C23H27Cl2N3O2/c1-28-17-6-4-7-18(28)12-16(11-17)27-23(29)22(30-2)8-3-5-15-9-14-10-19(24)20(25)13-21(14)26-15/h3,5,8-10,13,16-18,26H,4,6-7,11-12H2,1-2H3,(H,27,29)/b5-3+,22-8-/t16?,17-,18+. The predicted octanol–water partition coefficient (Wildman–Crippen LogP) is 5.15. The molecule has 3 atom stereocenters. The van der Waals surface area contributed by atoms with E-state index in [4.69, 9.17) is 27.9 Å². The van der Waals surface area contributed by atoms with E-state index in [-0.39, 0.29) is 11.9 Å². The van der Waals surface area contributed by atoms with Crippen molar-refractivity contribution in [2.24, 2.45) is 0 Å². The highest BCUT2D eigenvalue weighted by molar-refractivity contribution is 6.42. The quantitative estimate of drug-likeness (QED) is 0.378. The van der Waals surface area contributed by atoms with Gasteiger partial charge in [-0.2, -0.15) is 0 Å². The zero-order valence-corrected chi connectivity index (χ0v) is 18.8. The molecular weight excluding hydrogens is 421 g/mol. The number of carbonyl (C=O) groups excluding carboxylic acids is 1. The van der Waals surface area contributed by atoms with E-state index in [1.807, 2.05) is 18.2 Å². The van der Waals surface area contributed by atoms with Crippen molar-refractivity contribution in [1.82, 2.24) is 15.2 Å². The molecule has 30 heavy (non-hydrogen) atoms. The van der Waals surface area contributed by atoms with Gasteiger partial charge < -0.3 is 19.9 Å². The summed E-state index contributed by atoms with van der Waals surface area (Å²) in [4.78, 5) is 18.5. The van der Waals surface area contributed by atoms with Gasteiger partial charge in [-0.05, 0) is 63.1 Å². The summed E-state index contributed by atoms with van der Waals surface area (Å²) < 4.78 is 5.34. The number of methoxy groups -OCH3 is 1. The van der Waals surface area contributed by atoms with E-state index in [2.05, 4.69) is 22.2 Å². The van der Waals surface area contributed by atoms with Crippen LogP contribution in [-0.2, 0) is 9.53 Å². The molecule has 4 rings (SSSR count). The van der Waals surface area contributed by atoms with Crippen LogP contribution in [0.3, 0.4) is 0 Å². The average Bonchev–Trinajstić information content (AvgIpc) is 3.07. The van der Waals surface area contributed by atoms with Crippen LogP contribution in [0.25, 0.3) is 17.0 Å². The van der Waals surface area contributed by atoms with E-state index < -0.39 is 0 Å². The SMILES string of the molecule is CO/C(=C\C=C\c1cc2cc(Cl)c(Cl)cc2[nH]1)C(=O)NC1C[C@H]2CCC[C@@H](C1)N2C. The van der Waals surface area contributed by atoms with Crippen LogP contribution < -0.4 is 5.32 Å². The summed E-state index contributed by atoms with van der Waals surface area (Å²) in [7, 11) is 3.74. The number of allylic oxidation sites excluding steroid dienone is 2. The fourth-order valence-electron chi connectivity index (χ4n) is 4.70. The number of aromatic nitrogens is 1. The maximum absolute atomic E-state index is 12.7. The lowest BCUT2D eigenvalue weighted by Gasteiger charge is -2.47. The molecule has 0 radical (unpaired) electrons. The van der Waals surface area contributed by atoms with Crippen molar-refractivity contribution in [3.05, 3.63) is 51.8 Å². The topological polar surface area (TPSA) is 57.4 Å². The second kappa shape index (κ2) is 9.04. The number of hydrogen-bond donors (Lipinski definition) is 2. The maximum atomic E-state index is 12.7. The van der Waals surface area contributed by atoms with Crippen molar-refractivity contribution in [2.45, 2.75) is 50.2 Å². The first kappa shape index (κ1) is 21.3. The number of fused-ring (bicyclic) bond motifs is 3. The monoisotopic (exact) mass is 447 g/mol. The van der Waals surface area contributed by atoms with Crippen LogP contribution in [-0.4, -0.2) is 48.1 Å². The number of aromatic amines is 1. The van der Waals surface area contributed by atoms with Gasteiger partial charge in [0.25, 0.3) is 5.91 Å². The van der Waals surface area contributed by atoms with E-state index >= 15 is 0 Å². The largest absolute Gasteiger partial charge is 0.491 e. The number of piperidine rings is 2. The number of nitrogens with zero attached hydrogens (tertiary/aromatic N) is 1. The zero-order valence-electron chi connectivity index (χ0n) is 17.3. The van der Waals surface area contributed by atoms with Gasteiger partial charge in [-0.1, -0.05) is 35.7 Å². The molecule has 1 aromatic carbocycles. The van der Waals surface area contributed by atoms with Crippen molar-refractivity contribution in [2.75, 3.05) is 14.2 Å². The minimum Gasteiger partial charge on any atom is -0.491 e. The maximum Gasteiger partial charge on any atom is 0.286 e. The summed E-state index contributed by atoms with van der Waals surface area (Å²) >= 11 is 12.2. The van der Waals surface area contributed by atoms with Gasteiger partial charge in [-0.25, -0.2) is 0 Å². The molecule has 3 heterocycles. The summed E-state index contributed by atoms with van der Waals surface area (Å²) in [6.07, 6.45) is 11.1. The highest BCUT2D eigenvalue weighted by Gasteiger charge is 2.36. The van der Waals surface area contributed by atoms with E-state index in [1.54, 1.807) is 18.2 Å². The second-order valence-corrected chi connectivity index (χ2v) is 9.03. The number of rotatable bonds is 5. The van der Waals surface area contributed by atoms with Crippen LogP contribution in [0.1, 0.15) is 37.8 Å². The van der Waals surface area contributed by atoms with Crippen molar-refractivity contribution >= 4 is 46.1 Å². The number of carbonyl (C=O) groups is 1. The number of H-pyrrole nitrogens is 1. The lowest BCUT2D eigenvalue weighted by Crippen LogP contribution is -2.55. The summed E-state index contributed by atoms with van der Waals surface area (Å²) in [6.45, 7) is 0. The van der Waals surface area contributed by atoms with Crippen molar-refractivity contribution in [1.29, 1.82) is 0 Å². The molecule has 0 saturated carbocycles. The van der Waals surface area contributed by atoms with Crippen molar-refractivity contribution < 1.29 is 9.53 Å². The Morgan fingerprint density at radius 3 is 2.60 bits per heavy atom. The molecule has 2 bridgehead atoms. The lowest BCUT2D eigenvalue weighted by atomic mass is 9.82. The Hall–Kier alpha value is -1.95. The van der Waals surface area contributed by atoms with Gasteiger partial charge in [0.15, 0.2) is 5.76 Å². The van der Waals surface area contributed by atoms with Crippen LogP contribution in [0.4, 0.5) is 0 Å². The van der Waals surface area contributed by atoms with E-state index in [9.17, 15) is 4.79 Å². The normalized spacial score (nSPS) is 25.1. The molecule has 2 aliphatic rings. The van der Waals surface area contributed by atoms with Gasteiger partial charge in [0.05, 0.1) is 17.2 Å². The smallest absolute Gasteiger partial charge is 0.286 e. The van der Waals surface area contributed by atoms with E-state index in [1.165, 1.54) is 26.4 Å². The number of ether oxygens (including phenoxy) is 1. The third kappa shape index (κ3) is 4.53. The van der Waals surface area contributed by atoms with Crippen LogP contribution in [0, 0.1) is 0 Å². The van der Waals surface area contributed by atoms with Crippen LogP contribution in [0.2, 0.25) is 10.0 Å². The van der Waals surface area contributed by atoms with Gasteiger partial charge in [-0.3, -0.25) is 4.79 Å². The molecule has 0 aliphatic carbocycles. The van der Waals surface area contributed by atoms with Gasteiger partial charge in [-0.15, -0.1) is 0 Å². The highest BCUT2D eigenvalue weighted by atomic mass is 35.5. The molecule has 2 saturated heterocycles. The van der Waals surface area contributed by atoms with Gasteiger partial charge >= 0.3 is 0 Å². The van der Waals surface area contributed by atoms with Crippen molar-refractivity contribution in [3.8, 4) is 0 Å². The summed E-state index contributed by atoms with van der Waals surface area (Å²) in [6, 6.07) is 6.95. The molecule has 2 N–H and O–H groups in total. The summed E-state index contributed by atoms with van der Waals surface area (Å²) in [5.41, 5.74) is 1.80. The molecule has 160 valence electrons. The fraction of sp³-hybridized carbons (Fsp3) is 0.435. The molecule has 0 spiro atoms. The number of halogens is 2. The minimum absolute atomic E-state index is 0.162.